The Balaban J connectivity index is 2.10. The second kappa shape index (κ2) is 6.78. The number of nitrogens with zero attached hydrogens (tertiary/aromatic N) is 1. The molecular formula is C17H18N2O2. The Hall–Kier alpha value is -2.51. The highest BCUT2D eigenvalue weighted by atomic mass is 16.5. The van der Waals surface area contributed by atoms with E-state index < -0.39 is 0 Å². The number of hydrogen-bond donors (Lipinski definition) is 1. The third kappa shape index (κ3) is 3.74. The molecule has 0 amide bonds. The Morgan fingerprint density at radius 2 is 1.90 bits per heavy atom. The van der Waals surface area contributed by atoms with Crippen LogP contribution >= 0.6 is 0 Å². The lowest BCUT2D eigenvalue weighted by molar-refractivity contribution is 0.296. The fourth-order valence-electron chi connectivity index (χ4n) is 1.99. The highest BCUT2D eigenvalue weighted by Crippen LogP contribution is 2.23. The average Bonchev–Trinajstić information content (AvgIpc) is 2.52. The Bertz CT molecular complexity index is 643. The van der Waals surface area contributed by atoms with Crippen LogP contribution in [0.3, 0.4) is 0 Å². The van der Waals surface area contributed by atoms with Crippen molar-refractivity contribution in [1.29, 1.82) is 5.26 Å². The minimum atomic E-state index is 0.00598. The highest BCUT2D eigenvalue weighted by Gasteiger charge is 2.06. The Morgan fingerprint density at radius 1 is 1.19 bits per heavy atom. The van der Waals surface area contributed by atoms with Gasteiger partial charge < -0.3 is 15.2 Å². The summed E-state index contributed by atoms with van der Waals surface area (Å²) in [5, 5.41) is 8.95. The first kappa shape index (κ1) is 14.9. The number of benzene rings is 2. The van der Waals surface area contributed by atoms with Gasteiger partial charge in [0.1, 0.15) is 18.1 Å². The molecule has 4 nitrogen and oxygen atoms in total. The maximum atomic E-state index is 8.95. The largest absolute Gasteiger partial charge is 0.496 e. The van der Waals surface area contributed by atoms with E-state index in [0.29, 0.717) is 17.9 Å². The van der Waals surface area contributed by atoms with Gasteiger partial charge in [0.05, 0.1) is 18.7 Å². The summed E-state index contributed by atoms with van der Waals surface area (Å²) in [4.78, 5) is 0. The van der Waals surface area contributed by atoms with Crippen molar-refractivity contribution in [2.75, 3.05) is 7.11 Å². The summed E-state index contributed by atoms with van der Waals surface area (Å²) in [7, 11) is 1.60. The number of rotatable bonds is 5. The molecule has 4 heteroatoms. The molecule has 1 atom stereocenters. The van der Waals surface area contributed by atoms with E-state index in [2.05, 4.69) is 6.07 Å². The summed E-state index contributed by atoms with van der Waals surface area (Å²) in [6.45, 7) is 2.28. The topological polar surface area (TPSA) is 68.3 Å². The van der Waals surface area contributed by atoms with Gasteiger partial charge in [-0.1, -0.05) is 12.1 Å². The second-order valence-corrected chi connectivity index (χ2v) is 4.78. The lowest BCUT2D eigenvalue weighted by atomic mass is 10.1. The summed E-state index contributed by atoms with van der Waals surface area (Å²) in [5.74, 6) is 1.46. The van der Waals surface area contributed by atoms with Gasteiger partial charge >= 0.3 is 0 Å². The summed E-state index contributed by atoms with van der Waals surface area (Å²) in [5.41, 5.74) is 8.30. The standard InChI is InChI=1S/C17H18N2O2/c1-12(19)14-4-6-16(7-5-14)21-11-15-9-13(10-18)3-8-17(15)20-2/h3-9,12H,11,19H2,1-2H3/t12-/m1/s1. The third-order valence-electron chi connectivity index (χ3n) is 3.21. The van der Waals surface area contributed by atoms with E-state index in [1.807, 2.05) is 31.2 Å². The summed E-state index contributed by atoms with van der Waals surface area (Å²) in [6.07, 6.45) is 0. The minimum absolute atomic E-state index is 0.00598. The molecule has 0 bridgehead atoms. The molecule has 2 N–H and O–H groups in total. The lowest BCUT2D eigenvalue weighted by Crippen LogP contribution is -2.04. The molecule has 0 heterocycles. The quantitative estimate of drug-likeness (QED) is 0.914. The molecule has 0 radical (unpaired) electrons. The van der Waals surface area contributed by atoms with Crippen molar-refractivity contribution < 1.29 is 9.47 Å². The minimum Gasteiger partial charge on any atom is -0.496 e. The summed E-state index contributed by atoms with van der Waals surface area (Å²) in [6, 6.07) is 15.1. The van der Waals surface area contributed by atoms with Crippen LogP contribution in [-0.2, 0) is 6.61 Å². The zero-order valence-electron chi connectivity index (χ0n) is 12.2. The zero-order valence-corrected chi connectivity index (χ0v) is 12.2. The van der Waals surface area contributed by atoms with Crippen LogP contribution in [0.25, 0.3) is 0 Å². The molecule has 0 aliphatic heterocycles. The van der Waals surface area contributed by atoms with Crippen molar-refractivity contribution in [2.24, 2.45) is 5.73 Å². The van der Waals surface area contributed by atoms with Gasteiger partial charge in [0, 0.05) is 11.6 Å². The second-order valence-electron chi connectivity index (χ2n) is 4.78. The highest BCUT2D eigenvalue weighted by molar-refractivity contribution is 5.42. The Morgan fingerprint density at radius 3 is 2.48 bits per heavy atom. The van der Waals surface area contributed by atoms with E-state index in [1.165, 1.54) is 0 Å². The molecule has 0 unspecified atom stereocenters. The summed E-state index contributed by atoms with van der Waals surface area (Å²) >= 11 is 0. The zero-order chi connectivity index (χ0) is 15.2. The number of nitrogens with two attached hydrogens (primary N) is 1. The predicted molar refractivity (Wildman–Crippen MR) is 81.1 cm³/mol. The molecule has 0 aliphatic carbocycles. The van der Waals surface area contributed by atoms with Gasteiger partial charge in [-0.25, -0.2) is 0 Å². The van der Waals surface area contributed by atoms with Crippen LogP contribution in [0.15, 0.2) is 42.5 Å². The SMILES string of the molecule is COc1ccc(C#N)cc1COc1ccc([C@@H](C)N)cc1. The molecule has 0 spiro atoms. The monoisotopic (exact) mass is 282 g/mol. The predicted octanol–water partition coefficient (Wildman–Crippen LogP) is 3.17. The van der Waals surface area contributed by atoms with Crippen LogP contribution in [0.5, 0.6) is 11.5 Å². The van der Waals surface area contributed by atoms with E-state index >= 15 is 0 Å². The Labute approximate surface area is 124 Å². The van der Waals surface area contributed by atoms with E-state index in [9.17, 15) is 0 Å². The van der Waals surface area contributed by atoms with E-state index in [0.717, 1.165) is 16.9 Å². The first-order valence-corrected chi connectivity index (χ1v) is 6.69. The average molecular weight is 282 g/mol. The molecule has 0 fully saturated rings. The molecule has 2 aromatic rings. The maximum absolute atomic E-state index is 8.95. The van der Waals surface area contributed by atoms with E-state index in [4.69, 9.17) is 20.5 Å². The van der Waals surface area contributed by atoms with Gasteiger partial charge in [-0.2, -0.15) is 5.26 Å². The van der Waals surface area contributed by atoms with Crippen LogP contribution < -0.4 is 15.2 Å². The number of ether oxygens (including phenoxy) is 2. The molecule has 2 aromatic carbocycles. The first-order valence-electron chi connectivity index (χ1n) is 6.69. The number of nitriles is 1. The van der Waals surface area contributed by atoms with Crippen LogP contribution in [0.2, 0.25) is 0 Å². The molecule has 0 saturated carbocycles. The van der Waals surface area contributed by atoms with Crippen molar-refractivity contribution in [1.82, 2.24) is 0 Å². The van der Waals surface area contributed by atoms with Gasteiger partial charge in [-0.05, 0) is 42.8 Å². The lowest BCUT2D eigenvalue weighted by Gasteiger charge is -2.11. The molecule has 108 valence electrons. The third-order valence-corrected chi connectivity index (χ3v) is 3.21. The normalized spacial score (nSPS) is 11.5. The first-order chi connectivity index (χ1) is 10.1. The molecule has 21 heavy (non-hydrogen) atoms. The van der Waals surface area contributed by atoms with Crippen molar-refractivity contribution in [3.63, 3.8) is 0 Å². The van der Waals surface area contributed by atoms with E-state index in [1.54, 1.807) is 25.3 Å². The molecular weight excluding hydrogens is 264 g/mol. The molecule has 0 aromatic heterocycles. The van der Waals surface area contributed by atoms with Gasteiger partial charge in [0.25, 0.3) is 0 Å². The van der Waals surface area contributed by atoms with E-state index in [-0.39, 0.29) is 6.04 Å². The summed E-state index contributed by atoms with van der Waals surface area (Å²) < 4.78 is 11.0. The molecule has 2 rings (SSSR count). The van der Waals surface area contributed by atoms with Crippen LogP contribution in [0, 0.1) is 11.3 Å². The van der Waals surface area contributed by atoms with Gasteiger partial charge in [-0.3, -0.25) is 0 Å². The fraction of sp³-hybridized carbons (Fsp3) is 0.235. The van der Waals surface area contributed by atoms with Crippen LogP contribution in [-0.4, -0.2) is 7.11 Å². The van der Waals surface area contributed by atoms with Crippen molar-refractivity contribution in [3.05, 3.63) is 59.2 Å². The van der Waals surface area contributed by atoms with Crippen LogP contribution in [0.4, 0.5) is 0 Å². The van der Waals surface area contributed by atoms with Crippen molar-refractivity contribution in [2.45, 2.75) is 19.6 Å². The van der Waals surface area contributed by atoms with Crippen LogP contribution in [0.1, 0.15) is 29.7 Å². The smallest absolute Gasteiger partial charge is 0.125 e. The number of hydrogen-bond acceptors (Lipinski definition) is 4. The number of methoxy groups -OCH3 is 1. The maximum Gasteiger partial charge on any atom is 0.125 e. The van der Waals surface area contributed by atoms with Crippen molar-refractivity contribution >= 4 is 0 Å². The van der Waals surface area contributed by atoms with Crippen molar-refractivity contribution in [3.8, 4) is 17.6 Å². The molecule has 0 aliphatic rings. The van der Waals surface area contributed by atoms with Gasteiger partial charge in [-0.15, -0.1) is 0 Å². The Kier molecular flexibility index (Phi) is 4.81. The fourth-order valence-corrected chi connectivity index (χ4v) is 1.99. The van der Waals surface area contributed by atoms with Gasteiger partial charge in [0.15, 0.2) is 0 Å². The van der Waals surface area contributed by atoms with Gasteiger partial charge in [0.2, 0.25) is 0 Å². The molecule has 0 saturated heterocycles.